The second kappa shape index (κ2) is 7.55. The summed E-state index contributed by atoms with van der Waals surface area (Å²) in [4.78, 5) is 2.36. The third-order valence-corrected chi connectivity index (χ3v) is 5.20. The second-order valence-corrected chi connectivity index (χ2v) is 6.74. The summed E-state index contributed by atoms with van der Waals surface area (Å²) >= 11 is 1.81. The van der Waals surface area contributed by atoms with Crippen LogP contribution in [0.2, 0.25) is 0 Å². The predicted molar refractivity (Wildman–Crippen MR) is 101 cm³/mol. The number of thioether (sulfide) groups is 1. The van der Waals surface area contributed by atoms with E-state index in [9.17, 15) is 0 Å². The minimum atomic E-state index is 0.222. The molecule has 23 heavy (non-hydrogen) atoms. The van der Waals surface area contributed by atoms with Gasteiger partial charge in [0.05, 0.1) is 5.04 Å². The van der Waals surface area contributed by atoms with Gasteiger partial charge in [-0.05, 0) is 37.1 Å². The SMILES string of the molecule is CCN(CC)c1ccc([C@H]2NN=C(Cc3ccccc3)S2)cc1. The Kier molecular flexibility index (Phi) is 5.23. The Hall–Kier alpha value is -1.94. The van der Waals surface area contributed by atoms with Crippen LogP contribution < -0.4 is 10.3 Å². The van der Waals surface area contributed by atoms with Gasteiger partial charge in [-0.15, -0.1) is 0 Å². The number of anilines is 1. The van der Waals surface area contributed by atoms with Crippen LogP contribution in [0.1, 0.15) is 30.3 Å². The number of hydrazone groups is 1. The van der Waals surface area contributed by atoms with Crippen LogP contribution in [0.15, 0.2) is 59.7 Å². The average Bonchev–Trinajstić information content (AvgIpc) is 3.06. The standard InChI is InChI=1S/C19H23N3S/c1-3-22(4-2)17-12-10-16(11-13-17)19-21-20-18(23-19)14-15-8-6-5-7-9-15/h5-13,19,21H,3-4,14H2,1-2H3/t19-/m0/s1. The maximum Gasteiger partial charge on any atom is 0.120 e. The zero-order valence-electron chi connectivity index (χ0n) is 13.7. The second-order valence-electron chi connectivity index (χ2n) is 5.56. The van der Waals surface area contributed by atoms with Crippen molar-refractivity contribution >= 4 is 22.5 Å². The lowest BCUT2D eigenvalue weighted by Crippen LogP contribution is -2.21. The molecular formula is C19H23N3S. The molecule has 0 spiro atoms. The van der Waals surface area contributed by atoms with E-state index in [1.54, 1.807) is 0 Å². The number of hydrogen-bond donors (Lipinski definition) is 1. The molecule has 120 valence electrons. The average molecular weight is 325 g/mol. The van der Waals surface area contributed by atoms with E-state index in [1.807, 2.05) is 17.8 Å². The van der Waals surface area contributed by atoms with E-state index in [2.05, 4.69) is 77.8 Å². The summed E-state index contributed by atoms with van der Waals surface area (Å²) in [7, 11) is 0. The molecule has 0 bridgehead atoms. The lowest BCUT2D eigenvalue weighted by atomic mass is 10.2. The highest BCUT2D eigenvalue weighted by atomic mass is 32.2. The first-order valence-corrected chi connectivity index (χ1v) is 9.05. The first-order chi connectivity index (χ1) is 11.3. The van der Waals surface area contributed by atoms with Crippen molar-refractivity contribution in [1.82, 2.24) is 5.43 Å². The van der Waals surface area contributed by atoms with Crippen LogP contribution in [0.4, 0.5) is 5.69 Å². The van der Waals surface area contributed by atoms with Gasteiger partial charge in [0, 0.05) is 25.2 Å². The molecule has 0 aromatic heterocycles. The van der Waals surface area contributed by atoms with Crippen molar-refractivity contribution < 1.29 is 0 Å². The molecule has 2 aromatic carbocycles. The molecule has 2 aromatic rings. The van der Waals surface area contributed by atoms with Crippen LogP contribution in [0.25, 0.3) is 0 Å². The minimum absolute atomic E-state index is 0.222. The number of nitrogens with one attached hydrogen (secondary N) is 1. The van der Waals surface area contributed by atoms with Gasteiger partial charge in [0.25, 0.3) is 0 Å². The van der Waals surface area contributed by atoms with Gasteiger partial charge in [-0.2, -0.15) is 5.10 Å². The van der Waals surface area contributed by atoms with Crippen LogP contribution in [0.3, 0.4) is 0 Å². The largest absolute Gasteiger partial charge is 0.372 e. The first kappa shape index (κ1) is 15.9. The molecule has 1 aliphatic heterocycles. The summed E-state index contributed by atoms with van der Waals surface area (Å²) in [6.07, 6.45) is 0.895. The number of hydrogen-bond acceptors (Lipinski definition) is 4. The van der Waals surface area contributed by atoms with E-state index in [1.165, 1.54) is 16.8 Å². The molecule has 0 aliphatic carbocycles. The fourth-order valence-corrected chi connectivity index (χ4v) is 3.79. The molecule has 4 heteroatoms. The van der Waals surface area contributed by atoms with Gasteiger partial charge >= 0.3 is 0 Å². The molecule has 1 atom stereocenters. The molecule has 0 radical (unpaired) electrons. The Labute approximate surface area is 142 Å². The van der Waals surface area contributed by atoms with Crippen molar-refractivity contribution in [2.24, 2.45) is 5.10 Å². The Balaban J connectivity index is 1.61. The van der Waals surface area contributed by atoms with Crippen LogP contribution >= 0.6 is 11.8 Å². The highest BCUT2D eigenvalue weighted by molar-refractivity contribution is 8.14. The summed E-state index contributed by atoms with van der Waals surface area (Å²) < 4.78 is 0. The highest BCUT2D eigenvalue weighted by Crippen LogP contribution is 2.33. The third-order valence-electron chi connectivity index (χ3n) is 4.08. The van der Waals surface area contributed by atoms with Gasteiger partial charge in [0.15, 0.2) is 0 Å². The van der Waals surface area contributed by atoms with Gasteiger partial charge in [-0.3, -0.25) is 5.43 Å². The van der Waals surface area contributed by atoms with E-state index in [-0.39, 0.29) is 5.37 Å². The fraction of sp³-hybridized carbons (Fsp3) is 0.316. The number of nitrogens with zero attached hydrogens (tertiary/aromatic N) is 2. The zero-order chi connectivity index (χ0) is 16.1. The molecule has 3 nitrogen and oxygen atoms in total. The number of rotatable bonds is 6. The van der Waals surface area contributed by atoms with Crippen molar-refractivity contribution in [1.29, 1.82) is 0 Å². The van der Waals surface area contributed by atoms with Crippen molar-refractivity contribution in [3.63, 3.8) is 0 Å². The molecule has 1 aliphatic rings. The van der Waals surface area contributed by atoms with Crippen LogP contribution in [0.5, 0.6) is 0 Å². The van der Waals surface area contributed by atoms with Crippen LogP contribution in [-0.4, -0.2) is 18.1 Å². The zero-order valence-corrected chi connectivity index (χ0v) is 14.5. The maximum absolute atomic E-state index is 4.50. The molecule has 0 saturated heterocycles. The maximum atomic E-state index is 4.50. The Morgan fingerprint density at radius 2 is 1.70 bits per heavy atom. The predicted octanol–water partition coefficient (Wildman–Crippen LogP) is 4.42. The van der Waals surface area contributed by atoms with Gasteiger partial charge in [0.1, 0.15) is 5.37 Å². The Morgan fingerprint density at radius 3 is 2.35 bits per heavy atom. The van der Waals surface area contributed by atoms with Crippen LogP contribution in [0, 0.1) is 0 Å². The van der Waals surface area contributed by atoms with Gasteiger partial charge in [-0.25, -0.2) is 0 Å². The summed E-state index contributed by atoms with van der Waals surface area (Å²) in [5.74, 6) is 0. The molecule has 3 rings (SSSR count). The van der Waals surface area contributed by atoms with E-state index in [0.29, 0.717) is 0 Å². The molecule has 1 N–H and O–H groups in total. The molecule has 0 unspecified atom stereocenters. The highest BCUT2D eigenvalue weighted by Gasteiger charge is 2.21. The summed E-state index contributed by atoms with van der Waals surface area (Å²) in [5, 5.41) is 5.87. The van der Waals surface area contributed by atoms with Crippen molar-refractivity contribution in [3.05, 3.63) is 65.7 Å². The minimum Gasteiger partial charge on any atom is -0.372 e. The van der Waals surface area contributed by atoms with E-state index in [4.69, 9.17) is 0 Å². The quantitative estimate of drug-likeness (QED) is 0.852. The summed E-state index contributed by atoms with van der Waals surface area (Å²) in [5.41, 5.74) is 7.12. The smallest absolute Gasteiger partial charge is 0.120 e. The molecule has 0 saturated carbocycles. The van der Waals surface area contributed by atoms with Gasteiger partial charge in [0.2, 0.25) is 0 Å². The first-order valence-electron chi connectivity index (χ1n) is 8.17. The van der Waals surface area contributed by atoms with Crippen molar-refractivity contribution in [3.8, 4) is 0 Å². The molecule has 0 fully saturated rings. The lowest BCUT2D eigenvalue weighted by molar-refractivity contribution is 0.742. The topological polar surface area (TPSA) is 27.6 Å². The monoisotopic (exact) mass is 325 g/mol. The van der Waals surface area contributed by atoms with E-state index >= 15 is 0 Å². The molecule has 0 amide bonds. The lowest BCUT2D eigenvalue weighted by Gasteiger charge is -2.21. The van der Waals surface area contributed by atoms with Crippen LogP contribution in [-0.2, 0) is 6.42 Å². The number of benzene rings is 2. The van der Waals surface area contributed by atoms with Gasteiger partial charge < -0.3 is 4.90 Å². The summed E-state index contributed by atoms with van der Waals surface area (Å²) in [6.45, 7) is 6.46. The van der Waals surface area contributed by atoms with E-state index < -0.39 is 0 Å². The molecule has 1 heterocycles. The third kappa shape index (κ3) is 3.88. The normalized spacial score (nSPS) is 16.8. The Bertz CT molecular complexity index is 648. The van der Waals surface area contributed by atoms with Crippen molar-refractivity contribution in [2.45, 2.75) is 25.6 Å². The van der Waals surface area contributed by atoms with Crippen molar-refractivity contribution in [2.75, 3.05) is 18.0 Å². The Morgan fingerprint density at radius 1 is 1.00 bits per heavy atom. The van der Waals surface area contributed by atoms with E-state index in [0.717, 1.165) is 24.6 Å². The molecular weight excluding hydrogens is 302 g/mol. The summed E-state index contributed by atoms with van der Waals surface area (Å²) in [6, 6.07) is 19.3. The van der Waals surface area contributed by atoms with Gasteiger partial charge in [-0.1, -0.05) is 54.2 Å². The fourth-order valence-electron chi connectivity index (χ4n) is 2.76.